The molecule has 1 unspecified atom stereocenters. The van der Waals surface area contributed by atoms with Crippen molar-refractivity contribution < 1.29 is 4.79 Å². The molecule has 21 heavy (non-hydrogen) atoms. The summed E-state index contributed by atoms with van der Waals surface area (Å²) in [7, 11) is 1.68. The van der Waals surface area contributed by atoms with Gasteiger partial charge in [0.15, 0.2) is 0 Å². The molecule has 4 N–H and O–H groups in total. The minimum absolute atomic E-state index is 0.00156. The van der Waals surface area contributed by atoms with Crippen LogP contribution in [0.5, 0.6) is 0 Å². The summed E-state index contributed by atoms with van der Waals surface area (Å²) in [6, 6.07) is 2.01. The number of nitrogens with two attached hydrogens (primary N) is 1. The molecule has 1 atom stereocenters. The summed E-state index contributed by atoms with van der Waals surface area (Å²) in [5.41, 5.74) is 2.51. The van der Waals surface area contributed by atoms with E-state index in [0.717, 1.165) is 35.4 Å². The van der Waals surface area contributed by atoms with Crippen molar-refractivity contribution in [2.45, 2.75) is 12.8 Å². The molecule has 8 heteroatoms. The summed E-state index contributed by atoms with van der Waals surface area (Å²) in [5.74, 6) is 6.80. The first kappa shape index (κ1) is 14.0. The summed E-state index contributed by atoms with van der Waals surface area (Å²) in [5, 5.41) is 5.73. The molecule has 0 saturated carbocycles. The number of hydrogen-bond donors (Lipinski definition) is 3. The number of rotatable bonds is 3. The number of aromatic nitrogens is 2. The van der Waals surface area contributed by atoms with Crippen molar-refractivity contribution in [2.24, 2.45) is 11.8 Å². The smallest absolute Gasteiger partial charge is 0.240 e. The summed E-state index contributed by atoms with van der Waals surface area (Å²) in [6.07, 6.45) is 1.88. The molecule has 1 aliphatic rings. The lowest BCUT2D eigenvalue weighted by Crippen LogP contribution is -2.42. The van der Waals surface area contributed by atoms with Gasteiger partial charge in [-0.3, -0.25) is 10.2 Å². The Morgan fingerprint density at radius 2 is 2.38 bits per heavy atom. The largest absolute Gasteiger partial charge is 0.359 e. The molecule has 0 spiro atoms. The van der Waals surface area contributed by atoms with Gasteiger partial charge in [-0.25, -0.2) is 10.8 Å². The fraction of sp³-hybridized carbons (Fsp3) is 0.462. The zero-order chi connectivity index (χ0) is 14.8. The predicted molar refractivity (Wildman–Crippen MR) is 84.2 cm³/mol. The number of hydrazine groups is 1. The molecule has 3 rings (SSSR count). The topological polar surface area (TPSA) is 96.2 Å². The number of nitrogens with one attached hydrogen (secondary N) is 2. The highest BCUT2D eigenvalue weighted by Gasteiger charge is 2.27. The van der Waals surface area contributed by atoms with Gasteiger partial charge in [-0.05, 0) is 24.3 Å². The molecule has 2 aromatic rings. The number of carbonyl (C=O) groups is 1. The number of anilines is 2. The van der Waals surface area contributed by atoms with Crippen LogP contribution < -0.4 is 21.5 Å². The maximum atomic E-state index is 11.9. The maximum Gasteiger partial charge on any atom is 0.240 e. The Hall–Kier alpha value is -1.93. The highest BCUT2D eigenvalue weighted by atomic mass is 32.1. The molecular weight excluding hydrogens is 288 g/mol. The van der Waals surface area contributed by atoms with Crippen molar-refractivity contribution in [3.63, 3.8) is 0 Å². The zero-order valence-electron chi connectivity index (χ0n) is 11.8. The van der Waals surface area contributed by atoms with E-state index < -0.39 is 0 Å². The second-order valence-corrected chi connectivity index (χ2v) is 5.95. The first-order chi connectivity index (χ1) is 10.2. The number of carbonyl (C=O) groups excluding carboxylic acids is 1. The Morgan fingerprint density at radius 1 is 1.52 bits per heavy atom. The summed E-state index contributed by atoms with van der Waals surface area (Å²) < 4.78 is 0. The van der Waals surface area contributed by atoms with E-state index in [1.807, 2.05) is 11.4 Å². The number of thiophene rings is 1. The summed E-state index contributed by atoms with van der Waals surface area (Å²) >= 11 is 1.55. The van der Waals surface area contributed by atoms with Crippen LogP contribution in [0, 0.1) is 5.92 Å². The van der Waals surface area contributed by atoms with Crippen LogP contribution in [0.25, 0.3) is 10.2 Å². The van der Waals surface area contributed by atoms with E-state index in [0.29, 0.717) is 12.5 Å². The van der Waals surface area contributed by atoms with Gasteiger partial charge in [-0.2, -0.15) is 4.98 Å². The van der Waals surface area contributed by atoms with E-state index >= 15 is 0 Å². The van der Waals surface area contributed by atoms with Gasteiger partial charge >= 0.3 is 0 Å². The summed E-state index contributed by atoms with van der Waals surface area (Å²) in [6.45, 7) is 1.56. The number of nitrogen functional groups attached to an aromatic ring is 1. The van der Waals surface area contributed by atoms with Crippen molar-refractivity contribution in [3.05, 3.63) is 11.4 Å². The van der Waals surface area contributed by atoms with Crippen LogP contribution in [0.2, 0.25) is 0 Å². The highest BCUT2D eigenvalue weighted by molar-refractivity contribution is 7.16. The van der Waals surface area contributed by atoms with Crippen molar-refractivity contribution in [1.29, 1.82) is 0 Å². The van der Waals surface area contributed by atoms with Crippen LogP contribution >= 0.6 is 11.3 Å². The van der Waals surface area contributed by atoms with Gasteiger partial charge in [0.2, 0.25) is 11.9 Å². The third-order valence-electron chi connectivity index (χ3n) is 3.77. The maximum absolute atomic E-state index is 11.9. The molecule has 1 amide bonds. The van der Waals surface area contributed by atoms with Crippen LogP contribution in [0.15, 0.2) is 11.4 Å². The molecule has 1 fully saturated rings. The molecule has 2 aromatic heterocycles. The van der Waals surface area contributed by atoms with Gasteiger partial charge in [0.05, 0.1) is 11.3 Å². The van der Waals surface area contributed by atoms with Gasteiger partial charge in [-0.15, -0.1) is 11.3 Å². The quantitative estimate of drug-likeness (QED) is 0.577. The number of fused-ring (bicyclic) bond motifs is 1. The molecule has 7 nitrogen and oxygen atoms in total. The molecule has 0 aromatic carbocycles. The normalized spacial score (nSPS) is 18.8. The SMILES string of the molecule is CNC(=O)C1CCCN(c2nc(NN)nc3sccc23)C1. The Kier molecular flexibility index (Phi) is 3.89. The summed E-state index contributed by atoms with van der Waals surface area (Å²) in [4.78, 5) is 23.8. The first-order valence-corrected chi connectivity index (χ1v) is 7.79. The second-order valence-electron chi connectivity index (χ2n) is 5.05. The lowest BCUT2D eigenvalue weighted by atomic mass is 9.97. The molecule has 0 radical (unpaired) electrons. The van der Waals surface area contributed by atoms with E-state index in [-0.39, 0.29) is 11.8 Å². The predicted octanol–water partition coefficient (Wildman–Crippen LogP) is 0.939. The fourth-order valence-electron chi connectivity index (χ4n) is 2.73. The first-order valence-electron chi connectivity index (χ1n) is 6.91. The van der Waals surface area contributed by atoms with Crippen LogP contribution in [0.1, 0.15) is 12.8 Å². The second kappa shape index (κ2) is 5.82. The van der Waals surface area contributed by atoms with Crippen LogP contribution in [0.3, 0.4) is 0 Å². The number of nitrogens with zero attached hydrogens (tertiary/aromatic N) is 3. The van der Waals surface area contributed by atoms with Crippen molar-refractivity contribution >= 4 is 39.2 Å². The Bertz CT molecular complexity index is 657. The van der Waals surface area contributed by atoms with Gasteiger partial charge < -0.3 is 10.2 Å². The average Bonchev–Trinajstić information content (AvgIpc) is 3.01. The van der Waals surface area contributed by atoms with Crippen molar-refractivity contribution in [3.8, 4) is 0 Å². The van der Waals surface area contributed by atoms with Gasteiger partial charge in [-0.1, -0.05) is 0 Å². The minimum Gasteiger partial charge on any atom is -0.359 e. The lowest BCUT2D eigenvalue weighted by molar-refractivity contribution is -0.124. The average molecular weight is 306 g/mol. The number of hydrogen-bond acceptors (Lipinski definition) is 7. The Balaban J connectivity index is 1.95. The van der Waals surface area contributed by atoms with E-state index in [1.165, 1.54) is 0 Å². The molecule has 0 bridgehead atoms. The monoisotopic (exact) mass is 306 g/mol. The van der Waals surface area contributed by atoms with Crippen molar-refractivity contribution in [2.75, 3.05) is 30.5 Å². The van der Waals surface area contributed by atoms with Crippen LogP contribution in [0.4, 0.5) is 11.8 Å². The number of amides is 1. The molecule has 1 aliphatic heterocycles. The molecule has 3 heterocycles. The Morgan fingerprint density at radius 3 is 3.14 bits per heavy atom. The van der Waals surface area contributed by atoms with Gasteiger partial charge in [0.1, 0.15) is 10.6 Å². The molecular formula is C13H18N6OS. The van der Waals surface area contributed by atoms with Crippen molar-refractivity contribution in [1.82, 2.24) is 15.3 Å². The van der Waals surface area contributed by atoms with Gasteiger partial charge in [0, 0.05) is 20.1 Å². The minimum atomic E-state index is 0.00156. The standard InChI is InChI=1S/C13H18N6OS/c1-15-11(20)8-3-2-5-19(7-8)10-9-4-6-21-12(9)17-13(16-10)18-14/h4,6,8H,2-3,5,7,14H2,1H3,(H,15,20)(H,16,17,18). The zero-order valence-corrected chi connectivity index (χ0v) is 12.6. The van der Waals surface area contributed by atoms with E-state index in [2.05, 4.69) is 25.6 Å². The Labute approximate surface area is 126 Å². The lowest BCUT2D eigenvalue weighted by Gasteiger charge is -2.33. The molecule has 1 saturated heterocycles. The number of piperidine rings is 1. The van der Waals surface area contributed by atoms with Crippen LogP contribution in [-0.2, 0) is 4.79 Å². The van der Waals surface area contributed by atoms with Crippen LogP contribution in [-0.4, -0.2) is 36.0 Å². The molecule has 0 aliphatic carbocycles. The van der Waals surface area contributed by atoms with Gasteiger partial charge in [0.25, 0.3) is 0 Å². The van der Waals surface area contributed by atoms with E-state index in [4.69, 9.17) is 5.84 Å². The highest BCUT2D eigenvalue weighted by Crippen LogP contribution is 2.31. The van der Waals surface area contributed by atoms with E-state index in [1.54, 1.807) is 18.4 Å². The fourth-order valence-corrected chi connectivity index (χ4v) is 3.49. The third kappa shape index (κ3) is 2.64. The molecule has 112 valence electrons. The van der Waals surface area contributed by atoms with E-state index in [9.17, 15) is 4.79 Å². The third-order valence-corrected chi connectivity index (χ3v) is 4.58.